The summed E-state index contributed by atoms with van der Waals surface area (Å²) < 4.78 is 5.93. The highest BCUT2D eigenvalue weighted by atomic mass is 16.5. The van der Waals surface area contributed by atoms with Gasteiger partial charge in [-0.3, -0.25) is 4.90 Å². The lowest BCUT2D eigenvalue weighted by Gasteiger charge is -2.45. The molecule has 1 saturated carbocycles. The first kappa shape index (κ1) is 11.6. The molecule has 2 aliphatic heterocycles. The predicted octanol–water partition coefficient (Wildman–Crippen LogP) is 2.88. The van der Waals surface area contributed by atoms with E-state index in [9.17, 15) is 5.11 Å². The van der Waals surface area contributed by atoms with E-state index in [-0.39, 0.29) is 5.54 Å². The lowest BCUT2D eigenvalue weighted by Crippen LogP contribution is -2.46. The number of phenolic OH excluding ortho intramolecular Hbond substituents is 1. The summed E-state index contributed by atoms with van der Waals surface area (Å²) in [6.07, 6.45) is 6.50. The molecule has 2 fully saturated rings. The van der Waals surface area contributed by atoms with Crippen molar-refractivity contribution < 1.29 is 9.84 Å². The summed E-state index contributed by atoms with van der Waals surface area (Å²) in [5.74, 6) is 2.10. The summed E-state index contributed by atoms with van der Waals surface area (Å²) in [7, 11) is 0. The Kier molecular flexibility index (Phi) is 2.52. The molecule has 0 radical (unpaired) electrons. The maximum absolute atomic E-state index is 9.91. The summed E-state index contributed by atoms with van der Waals surface area (Å²) in [6, 6.07) is 5.65. The van der Waals surface area contributed by atoms with Crippen molar-refractivity contribution in [1.82, 2.24) is 4.90 Å². The molecule has 19 heavy (non-hydrogen) atoms. The maximum Gasteiger partial charge on any atom is 0.124 e. The van der Waals surface area contributed by atoms with Gasteiger partial charge in [-0.1, -0.05) is 12.8 Å². The zero-order chi connectivity index (χ0) is 12.9. The predicted molar refractivity (Wildman–Crippen MR) is 73.4 cm³/mol. The summed E-state index contributed by atoms with van der Waals surface area (Å²) in [5, 5.41) is 9.91. The van der Waals surface area contributed by atoms with Gasteiger partial charge in [0.1, 0.15) is 18.1 Å². The molecule has 0 bridgehead atoms. The zero-order valence-electron chi connectivity index (χ0n) is 11.3. The van der Waals surface area contributed by atoms with Gasteiger partial charge in [0.05, 0.1) is 5.54 Å². The molecule has 102 valence electrons. The Morgan fingerprint density at radius 1 is 1.21 bits per heavy atom. The van der Waals surface area contributed by atoms with Crippen molar-refractivity contribution in [3.63, 3.8) is 0 Å². The first-order chi connectivity index (χ1) is 9.30. The van der Waals surface area contributed by atoms with Gasteiger partial charge in [0.25, 0.3) is 0 Å². The highest BCUT2D eigenvalue weighted by molar-refractivity contribution is 5.46. The summed E-state index contributed by atoms with van der Waals surface area (Å²) in [4.78, 5) is 2.63. The molecule has 3 nitrogen and oxygen atoms in total. The molecule has 4 rings (SSSR count). The van der Waals surface area contributed by atoms with E-state index in [4.69, 9.17) is 4.74 Å². The van der Waals surface area contributed by atoms with Gasteiger partial charge in [-0.2, -0.15) is 0 Å². The van der Waals surface area contributed by atoms with Crippen LogP contribution >= 0.6 is 0 Å². The lowest BCUT2D eigenvalue weighted by atomic mass is 9.69. The number of ether oxygens (including phenoxy) is 1. The molecule has 0 unspecified atom stereocenters. The van der Waals surface area contributed by atoms with Crippen molar-refractivity contribution >= 4 is 0 Å². The summed E-state index contributed by atoms with van der Waals surface area (Å²) >= 11 is 0. The van der Waals surface area contributed by atoms with E-state index in [1.807, 2.05) is 12.1 Å². The molecular weight excluding hydrogens is 238 g/mol. The van der Waals surface area contributed by atoms with Gasteiger partial charge < -0.3 is 9.84 Å². The minimum absolute atomic E-state index is 0.142. The fraction of sp³-hybridized carbons (Fsp3) is 0.625. The number of hydrogen-bond donors (Lipinski definition) is 1. The molecule has 1 aromatic rings. The van der Waals surface area contributed by atoms with Crippen LogP contribution in [0.25, 0.3) is 0 Å². The quantitative estimate of drug-likeness (QED) is 0.777. The highest BCUT2D eigenvalue weighted by Crippen LogP contribution is 2.55. The van der Waals surface area contributed by atoms with Gasteiger partial charge >= 0.3 is 0 Å². The van der Waals surface area contributed by atoms with Crippen LogP contribution in [0.2, 0.25) is 0 Å². The Hall–Kier alpha value is -1.22. The third kappa shape index (κ3) is 1.54. The Labute approximate surface area is 114 Å². The van der Waals surface area contributed by atoms with E-state index in [0.717, 1.165) is 24.8 Å². The second-order valence-corrected chi connectivity index (χ2v) is 6.17. The van der Waals surface area contributed by atoms with Crippen LogP contribution in [0.15, 0.2) is 18.2 Å². The Morgan fingerprint density at radius 3 is 3.11 bits per heavy atom. The number of phenols is 1. The largest absolute Gasteiger partial charge is 0.508 e. The van der Waals surface area contributed by atoms with Crippen molar-refractivity contribution in [1.29, 1.82) is 0 Å². The Morgan fingerprint density at radius 2 is 2.16 bits per heavy atom. The minimum atomic E-state index is 0.142. The number of benzene rings is 1. The molecule has 1 spiro atoms. The molecule has 2 heterocycles. The van der Waals surface area contributed by atoms with Crippen LogP contribution in [0, 0.1) is 5.92 Å². The third-order valence-electron chi connectivity index (χ3n) is 5.40. The van der Waals surface area contributed by atoms with Crippen LogP contribution < -0.4 is 4.74 Å². The molecule has 3 heteroatoms. The fourth-order valence-electron chi connectivity index (χ4n) is 4.62. The molecule has 0 aromatic heterocycles. The smallest absolute Gasteiger partial charge is 0.124 e. The number of fused-ring (bicyclic) bond motifs is 1. The van der Waals surface area contributed by atoms with Crippen molar-refractivity contribution in [2.45, 2.75) is 37.6 Å². The van der Waals surface area contributed by atoms with E-state index in [2.05, 4.69) is 4.90 Å². The third-order valence-corrected chi connectivity index (χ3v) is 5.40. The van der Waals surface area contributed by atoms with E-state index in [1.165, 1.54) is 44.2 Å². The average molecular weight is 259 g/mol. The van der Waals surface area contributed by atoms with Crippen LogP contribution in [0.5, 0.6) is 11.5 Å². The van der Waals surface area contributed by atoms with Crippen LogP contribution in [-0.4, -0.2) is 29.7 Å². The SMILES string of the molecule is Oc1ccc2c(c1)[C@]13CCCC[C@@H]1CCN3CCO2. The average Bonchev–Trinajstić information content (AvgIpc) is 2.74. The van der Waals surface area contributed by atoms with Crippen molar-refractivity contribution in [2.75, 3.05) is 19.7 Å². The monoisotopic (exact) mass is 259 g/mol. The standard InChI is InChI=1S/C16H21NO2/c18-13-4-5-15-14(11-13)16-7-2-1-3-12(16)6-8-17(16)9-10-19-15/h4-5,11-12,18H,1-3,6-10H2/t12-,16+/m1/s1. The number of hydrogen-bond acceptors (Lipinski definition) is 3. The zero-order valence-corrected chi connectivity index (χ0v) is 11.3. The fourth-order valence-corrected chi connectivity index (χ4v) is 4.62. The first-order valence-corrected chi connectivity index (χ1v) is 7.52. The van der Waals surface area contributed by atoms with E-state index >= 15 is 0 Å². The maximum atomic E-state index is 9.91. The van der Waals surface area contributed by atoms with Crippen molar-refractivity contribution in [3.05, 3.63) is 23.8 Å². The van der Waals surface area contributed by atoms with Crippen LogP contribution in [0.3, 0.4) is 0 Å². The molecule has 2 atom stereocenters. The van der Waals surface area contributed by atoms with E-state index < -0.39 is 0 Å². The van der Waals surface area contributed by atoms with Gasteiger partial charge in [-0.05, 0) is 49.9 Å². The summed E-state index contributed by atoms with van der Waals surface area (Å²) in [6.45, 7) is 2.97. The number of nitrogens with zero attached hydrogens (tertiary/aromatic N) is 1. The Bertz CT molecular complexity index is 502. The van der Waals surface area contributed by atoms with E-state index in [1.54, 1.807) is 6.07 Å². The van der Waals surface area contributed by atoms with Crippen molar-refractivity contribution in [3.8, 4) is 11.5 Å². The van der Waals surface area contributed by atoms with Gasteiger partial charge in [0, 0.05) is 12.1 Å². The first-order valence-electron chi connectivity index (χ1n) is 7.52. The topological polar surface area (TPSA) is 32.7 Å². The molecule has 1 saturated heterocycles. The lowest BCUT2D eigenvalue weighted by molar-refractivity contribution is 0.0624. The van der Waals surface area contributed by atoms with Gasteiger partial charge in [0.2, 0.25) is 0 Å². The normalized spacial score (nSPS) is 33.8. The molecule has 3 aliphatic rings. The molecule has 0 amide bonds. The van der Waals surface area contributed by atoms with Gasteiger partial charge in [-0.25, -0.2) is 0 Å². The van der Waals surface area contributed by atoms with Gasteiger partial charge in [0.15, 0.2) is 0 Å². The number of rotatable bonds is 0. The molecule has 1 aliphatic carbocycles. The van der Waals surface area contributed by atoms with Crippen molar-refractivity contribution in [2.24, 2.45) is 5.92 Å². The van der Waals surface area contributed by atoms with Crippen LogP contribution in [0.4, 0.5) is 0 Å². The Balaban J connectivity index is 1.91. The highest BCUT2D eigenvalue weighted by Gasteiger charge is 2.52. The second kappa shape index (κ2) is 4.14. The second-order valence-electron chi connectivity index (χ2n) is 6.17. The van der Waals surface area contributed by atoms with Crippen LogP contribution in [0.1, 0.15) is 37.7 Å². The summed E-state index contributed by atoms with van der Waals surface area (Å²) in [5.41, 5.74) is 1.38. The number of aromatic hydroxyl groups is 1. The van der Waals surface area contributed by atoms with Gasteiger partial charge in [-0.15, -0.1) is 0 Å². The minimum Gasteiger partial charge on any atom is -0.508 e. The molecule has 1 N–H and O–H groups in total. The molecular formula is C16H21NO2. The van der Waals surface area contributed by atoms with Crippen LogP contribution in [-0.2, 0) is 5.54 Å². The van der Waals surface area contributed by atoms with E-state index in [0.29, 0.717) is 5.75 Å². The molecule has 1 aromatic carbocycles.